The Hall–Kier alpha value is -2.60. The average Bonchev–Trinajstić information content (AvgIpc) is 2.90. The zero-order chi connectivity index (χ0) is 14.8. The van der Waals surface area contributed by atoms with Crippen LogP contribution in [-0.2, 0) is 0 Å². The molecule has 3 aromatic rings. The van der Waals surface area contributed by atoms with Crippen LogP contribution in [0.15, 0.2) is 42.5 Å². The van der Waals surface area contributed by atoms with E-state index in [-0.39, 0.29) is 5.56 Å². The molecule has 0 bridgehead atoms. The number of benzene rings is 2. The van der Waals surface area contributed by atoms with Crippen LogP contribution in [0.4, 0.5) is 10.7 Å². The molecule has 0 fully saturated rings. The number of aromatic nitrogens is 1. The zero-order valence-electron chi connectivity index (χ0n) is 11.2. The summed E-state index contributed by atoms with van der Waals surface area (Å²) in [5.41, 5.74) is 1.82. The molecule has 0 aliphatic heterocycles. The number of aromatic carboxylic acids is 1. The van der Waals surface area contributed by atoms with Crippen LogP contribution in [0.3, 0.4) is 0 Å². The molecule has 1 heterocycles. The van der Waals surface area contributed by atoms with Crippen LogP contribution in [0, 0.1) is 0 Å². The van der Waals surface area contributed by atoms with Gasteiger partial charge in [0.15, 0.2) is 0 Å². The number of carboxylic acid groups (broad SMARTS) is 1. The van der Waals surface area contributed by atoms with Gasteiger partial charge >= 0.3 is 5.97 Å². The van der Waals surface area contributed by atoms with Gasteiger partial charge < -0.3 is 15.2 Å². The first-order chi connectivity index (χ1) is 10.2. The van der Waals surface area contributed by atoms with Crippen LogP contribution in [-0.4, -0.2) is 22.6 Å². The highest BCUT2D eigenvalue weighted by Gasteiger charge is 2.12. The number of nitrogens with one attached hydrogen (secondary N) is 1. The first-order valence-corrected chi connectivity index (χ1v) is 6.99. The molecule has 5 nitrogen and oxygen atoms in total. The van der Waals surface area contributed by atoms with E-state index in [0.717, 1.165) is 21.6 Å². The summed E-state index contributed by atoms with van der Waals surface area (Å²) in [5, 5.41) is 14.3. The molecule has 2 N–H and O–H groups in total. The lowest BCUT2D eigenvalue weighted by Crippen LogP contribution is -2.01. The molecule has 2 aromatic carbocycles. The zero-order valence-corrected chi connectivity index (χ0v) is 12.0. The van der Waals surface area contributed by atoms with E-state index >= 15 is 0 Å². The molecule has 0 atom stereocenters. The van der Waals surface area contributed by atoms with E-state index in [9.17, 15) is 4.79 Å². The number of fused-ring (bicyclic) bond motifs is 1. The molecule has 0 aliphatic rings. The Labute approximate surface area is 125 Å². The van der Waals surface area contributed by atoms with Crippen molar-refractivity contribution in [2.45, 2.75) is 0 Å². The van der Waals surface area contributed by atoms with Crippen LogP contribution in [0.5, 0.6) is 5.75 Å². The summed E-state index contributed by atoms with van der Waals surface area (Å²) in [6.07, 6.45) is 0. The average molecular weight is 300 g/mol. The van der Waals surface area contributed by atoms with Crippen molar-refractivity contribution in [1.29, 1.82) is 0 Å². The number of nitrogens with zero attached hydrogens (tertiary/aromatic N) is 1. The number of ether oxygens (including phenoxy) is 1. The maximum Gasteiger partial charge on any atom is 0.339 e. The number of methoxy groups -OCH3 is 1. The third-order valence-corrected chi connectivity index (χ3v) is 3.87. The predicted molar refractivity (Wildman–Crippen MR) is 82.9 cm³/mol. The fourth-order valence-electron chi connectivity index (χ4n) is 2.06. The van der Waals surface area contributed by atoms with Crippen LogP contribution in [0.2, 0.25) is 0 Å². The van der Waals surface area contributed by atoms with Crippen molar-refractivity contribution < 1.29 is 14.6 Å². The van der Waals surface area contributed by atoms with Gasteiger partial charge in [0.05, 0.1) is 12.6 Å². The Morgan fingerprint density at radius 1 is 1.29 bits per heavy atom. The van der Waals surface area contributed by atoms with Gasteiger partial charge in [-0.15, -0.1) is 0 Å². The largest absolute Gasteiger partial charge is 0.496 e. The molecule has 6 heteroatoms. The van der Waals surface area contributed by atoms with E-state index < -0.39 is 5.97 Å². The van der Waals surface area contributed by atoms with Crippen molar-refractivity contribution in [3.8, 4) is 5.75 Å². The summed E-state index contributed by atoms with van der Waals surface area (Å²) in [6, 6.07) is 12.7. The molecule has 0 aliphatic carbocycles. The minimum Gasteiger partial charge on any atom is -0.496 e. The van der Waals surface area contributed by atoms with E-state index in [0.29, 0.717) is 5.75 Å². The Morgan fingerprint density at radius 2 is 2.10 bits per heavy atom. The van der Waals surface area contributed by atoms with Gasteiger partial charge in [-0.25, -0.2) is 4.79 Å². The van der Waals surface area contributed by atoms with Crippen LogP contribution in [0.25, 0.3) is 10.9 Å². The molecule has 3 rings (SSSR count). The van der Waals surface area contributed by atoms with Gasteiger partial charge in [-0.05, 0) is 35.8 Å². The van der Waals surface area contributed by atoms with Gasteiger partial charge in [0.1, 0.15) is 16.3 Å². The molecule has 0 amide bonds. The normalized spacial score (nSPS) is 10.5. The third-order valence-electron chi connectivity index (χ3n) is 3.07. The van der Waals surface area contributed by atoms with E-state index in [1.54, 1.807) is 12.1 Å². The highest BCUT2D eigenvalue weighted by Crippen LogP contribution is 2.32. The smallest absolute Gasteiger partial charge is 0.339 e. The molecule has 0 spiro atoms. The van der Waals surface area contributed by atoms with E-state index in [2.05, 4.69) is 9.69 Å². The molecule has 106 valence electrons. The van der Waals surface area contributed by atoms with Gasteiger partial charge in [0.25, 0.3) is 0 Å². The quantitative estimate of drug-likeness (QED) is 0.768. The third kappa shape index (κ3) is 2.53. The van der Waals surface area contributed by atoms with E-state index in [4.69, 9.17) is 9.84 Å². The highest BCUT2D eigenvalue weighted by molar-refractivity contribution is 7.11. The fraction of sp³-hybridized carbons (Fsp3) is 0.0667. The van der Waals surface area contributed by atoms with Crippen LogP contribution >= 0.6 is 11.5 Å². The highest BCUT2D eigenvalue weighted by atomic mass is 32.1. The Morgan fingerprint density at radius 3 is 2.86 bits per heavy atom. The fourth-order valence-corrected chi connectivity index (χ4v) is 2.84. The number of rotatable bonds is 4. The van der Waals surface area contributed by atoms with Crippen molar-refractivity contribution in [3.05, 3.63) is 48.0 Å². The first kappa shape index (κ1) is 13.4. The summed E-state index contributed by atoms with van der Waals surface area (Å²) >= 11 is 1.36. The predicted octanol–water partition coefficient (Wildman–Crippen LogP) is 3.75. The Bertz CT molecular complexity index is 814. The lowest BCUT2D eigenvalue weighted by atomic mass is 10.2. The van der Waals surface area contributed by atoms with Gasteiger partial charge in [-0.2, -0.15) is 4.37 Å². The Balaban J connectivity index is 1.96. The van der Waals surface area contributed by atoms with Crippen LogP contribution < -0.4 is 10.1 Å². The molecular weight excluding hydrogens is 288 g/mol. The molecule has 0 unspecified atom stereocenters. The number of hydrogen-bond acceptors (Lipinski definition) is 5. The maximum absolute atomic E-state index is 11.1. The second kappa shape index (κ2) is 5.41. The number of hydrogen-bond donors (Lipinski definition) is 2. The lowest BCUT2D eigenvalue weighted by molar-refractivity contribution is 0.0693. The molecule has 0 radical (unpaired) electrons. The molecule has 21 heavy (non-hydrogen) atoms. The van der Waals surface area contributed by atoms with E-state index in [1.807, 2.05) is 24.3 Å². The van der Waals surface area contributed by atoms with Crippen molar-refractivity contribution in [2.24, 2.45) is 0 Å². The molecule has 0 saturated heterocycles. The van der Waals surface area contributed by atoms with Crippen molar-refractivity contribution in [3.63, 3.8) is 0 Å². The second-order valence-electron chi connectivity index (χ2n) is 4.37. The van der Waals surface area contributed by atoms with Gasteiger partial charge in [-0.3, -0.25) is 0 Å². The summed E-state index contributed by atoms with van der Waals surface area (Å²) in [6.45, 7) is 0. The van der Waals surface area contributed by atoms with Crippen molar-refractivity contribution in [1.82, 2.24) is 4.37 Å². The summed E-state index contributed by atoms with van der Waals surface area (Å²) in [7, 11) is 1.45. The van der Waals surface area contributed by atoms with Crippen molar-refractivity contribution >= 4 is 39.1 Å². The monoisotopic (exact) mass is 300 g/mol. The lowest BCUT2D eigenvalue weighted by Gasteiger charge is -2.09. The minimum absolute atomic E-state index is 0.136. The van der Waals surface area contributed by atoms with E-state index in [1.165, 1.54) is 24.7 Å². The van der Waals surface area contributed by atoms with Gasteiger partial charge in [0.2, 0.25) is 0 Å². The molecular formula is C15H12N2O3S. The SMILES string of the molecule is COc1cc(Nc2snc3ccccc23)ccc1C(=O)O. The molecule has 0 saturated carbocycles. The number of anilines is 2. The van der Waals surface area contributed by atoms with Crippen molar-refractivity contribution in [2.75, 3.05) is 12.4 Å². The van der Waals surface area contributed by atoms with Crippen LogP contribution in [0.1, 0.15) is 10.4 Å². The number of carbonyl (C=O) groups is 1. The summed E-state index contributed by atoms with van der Waals surface area (Å²) in [4.78, 5) is 11.1. The van der Waals surface area contributed by atoms with Gasteiger partial charge in [0, 0.05) is 17.1 Å². The standard InChI is InChI=1S/C15H12N2O3S/c1-20-13-8-9(6-7-11(13)15(18)19)16-14-10-4-2-3-5-12(10)17-21-14/h2-8,16H,1H3,(H,18,19). The van der Waals surface area contributed by atoms with Gasteiger partial charge in [-0.1, -0.05) is 12.1 Å². The maximum atomic E-state index is 11.1. The minimum atomic E-state index is -1.01. The second-order valence-corrected chi connectivity index (χ2v) is 5.15. The molecule has 1 aromatic heterocycles. The first-order valence-electron chi connectivity index (χ1n) is 6.22. The summed E-state index contributed by atoms with van der Waals surface area (Å²) < 4.78 is 9.48. The topological polar surface area (TPSA) is 71.5 Å². The summed E-state index contributed by atoms with van der Waals surface area (Å²) in [5.74, 6) is -0.692. The Kier molecular flexibility index (Phi) is 3.45. The number of carboxylic acids is 1.